The molecule has 0 fully saturated rings. The molecule has 0 unspecified atom stereocenters. The maximum Gasteiger partial charge on any atom is 0.276 e. The van der Waals surface area contributed by atoms with E-state index in [0.29, 0.717) is 10.0 Å². The molecule has 0 atom stereocenters. The highest BCUT2D eigenvalue weighted by Gasteiger charge is 2.48. The number of halogens is 5. The zero-order valence-corrected chi connectivity index (χ0v) is 9.81. The van der Waals surface area contributed by atoms with Crippen molar-refractivity contribution >= 4 is 15.9 Å². The monoisotopic (exact) mass is 300 g/mol. The van der Waals surface area contributed by atoms with Crippen molar-refractivity contribution in [3.8, 4) is 0 Å². The highest BCUT2D eigenvalue weighted by Crippen LogP contribution is 2.36. The molecule has 0 bridgehead atoms. The van der Waals surface area contributed by atoms with Crippen LogP contribution in [0.5, 0.6) is 0 Å². The molecular formula is C10H9BrF4O. The van der Waals surface area contributed by atoms with Gasteiger partial charge in [-0.25, -0.2) is 17.6 Å². The van der Waals surface area contributed by atoms with Crippen LogP contribution in [-0.2, 0) is 5.60 Å². The van der Waals surface area contributed by atoms with E-state index < -0.39 is 24.0 Å². The quantitative estimate of drug-likeness (QED) is 0.848. The summed E-state index contributed by atoms with van der Waals surface area (Å²) in [7, 11) is 0. The average Bonchev–Trinajstić information content (AvgIpc) is 2.20. The number of rotatable bonds is 3. The van der Waals surface area contributed by atoms with Gasteiger partial charge >= 0.3 is 0 Å². The lowest BCUT2D eigenvalue weighted by molar-refractivity contribution is -0.183. The van der Waals surface area contributed by atoms with Crippen LogP contribution in [0.25, 0.3) is 0 Å². The first-order valence-corrected chi connectivity index (χ1v) is 5.14. The molecule has 1 nitrogen and oxygen atoms in total. The summed E-state index contributed by atoms with van der Waals surface area (Å²) in [6.07, 6.45) is -7.11. The van der Waals surface area contributed by atoms with Gasteiger partial charge in [0.15, 0.2) is 0 Å². The Morgan fingerprint density at radius 1 is 1.19 bits per heavy atom. The molecule has 90 valence electrons. The lowest BCUT2D eigenvalue weighted by atomic mass is 9.94. The zero-order valence-electron chi connectivity index (χ0n) is 8.22. The van der Waals surface area contributed by atoms with E-state index in [4.69, 9.17) is 0 Å². The van der Waals surface area contributed by atoms with Crippen molar-refractivity contribution in [1.82, 2.24) is 0 Å². The minimum absolute atomic E-state index is 0.393. The van der Waals surface area contributed by atoms with E-state index in [0.717, 1.165) is 12.1 Å². The highest BCUT2D eigenvalue weighted by atomic mass is 79.9. The molecule has 0 aromatic heterocycles. The number of aryl methyl sites for hydroxylation is 1. The van der Waals surface area contributed by atoms with Crippen LogP contribution in [0.2, 0.25) is 0 Å². The van der Waals surface area contributed by atoms with Crippen LogP contribution in [0.1, 0.15) is 11.1 Å². The second-order valence-electron chi connectivity index (χ2n) is 3.39. The van der Waals surface area contributed by atoms with Gasteiger partial charge in [-0.3, -0.25) is 0 Å². The standard InChI is InChI=1S/C10H9BrF4O/c1-5-2-3-6(4-7(5)11)10(16,8(12)13)9(14)15/h2-4,8-9,16H,1H3. The molecule has 0 heterocycles. The molecule has 1 aromatic carbocycles. The van der Waals surface area contributed by atoms with Gasteiger partial charge in [-0.2, -0.15) is 0 Å². The van der Waals surface area contributed by atoms with Crippen molar-refractivity contribution in [3.05, 3.63) is 33.8 Å². The topological polar surface area (TPSA) is 20.2 Å². The van der Waals surface area contributed by atoms with Gasteiger partial charge in [0.1, 0.15) is 0 Å². The summed E-state index contributed by atoms with van der Waals surface area (Å²) >= 11 is 3.04. The summed E-state index contributed by atoms with van der Waals surface area (Å²) in [5.74, 6) is 0. The Balaban J connectivity index is 3.27. The molecule has 0 aliphatic rings. The lowest BCUT2D eigenvalue weighted by Gasteiger charge is -2.27. The molecule has 0 aliphatic heterocycles. The summed E-state index contributed by atoms with van der Waals surface area (Å²) in [6.45, 7) is 1.68. The lowest BCUT2D eigenvalue weighted by Crippen LogP contribution is -2.41. The maximum atomic E-state index is 12.5. The third kappa shape index (κ3) is 2.22. The molecular weight excluding hydrogens is 292 g/mol. The summed E-state index contributed by atoms with van der Waals surface area (Å²) < 4.78 is 50.4. The number of benzene rings is 1. The molecule has 1 rings (SSSR count). The van der Waals surface area contributed by atoms with E-state index in [1.807, 2.05) is 0 Å². The van der Waals surface area contributed by atoms with Crippen molar-refractivity contribution in [2.24, 2.45) is 0 Å². The summed E-state index contributed by atoms with van der Waals surface area (Å²) in [4.78, 5) is 0. The Labute approximate surface area is 98.2 Å². The van der Waals surface area contributed by atoms with Gasteiger partial charge in [-0.05, 0) is 24.1 Å². The number of aliphatic hydroxyl groups is 1. The van der Waals surface area contributed by atoms with Gasteiger partial charge in [0.2, 0.25) is 5.60 Å². The fourth-order valence-electron chi connectivity index (χ4n) is 1.19. The SMILES string of the molecule is Cc1ccc(C(O)(C(F)F)C(F)F)cc1Br. The minimum atomic E-state index is -3.55. The second-order valence-corrected chi connectivity index (χ2v) is 4.25. The Morgan fingerprint density at radius 3 is 2.06 bits per heavy atom. The molecule has 0 radical (unpaired) electrons. The molecule has 6 heteroatoms. The smallest absolute Gasteiger partial charge is 0.276 e. The van der Waals surface area contributed by atoms with Crippen molar-refractivity contribution in [2.75, 3.05) is 0 Å². The third-order valence-electron chi connectivity index (χ3n) is 2.30. The first kappa shape index (κ1) is 13.4. The molecule has 1 N–H and O–H groups in total. The fourth-order valence-corrected chi connectivity index (χ4v) is 1.57. The first-order chi connectivity index (χ1) is 7.30. The van der Waals surface area contributed by atoms with E-state index in [9.17, 15) is 22.7 Å². The predicted octanol–water partition coefficient (Wildman–Crippen LogP) is 3.48. The Hall–Kier alpha value is -0.620. The second kappa shape index (κ2) is 4.71. The van der Waals surface area contributed by atoms with E-state index in [1.54, 1.807) is 6.92 Å². The largest absolute Gasteiger partial charge is 0.374 e. The molecule has 0 amide bonds. The Kier molecular flexibility index (Phi) is 3.96. The normalized spacial score (nSPS) is 12.6. The van der Waals surface area contributed by atoms with Crippen LogP contribution >= 0.6 is 15.9 Å². The minimum Gasteiger partial charge on any atom is -0.374 e. The van der Waals surface area contributed by atoms with Crippen molar-refractivity contribution in [2.45, 2.75) is 25.4 Å². The van der Waals surface area contributed by atoms with Crippen LogP contribution in [0.3, 0.4) is 0 Å². The van der Waals surface area contributed by atoms with Crippen LogP contribution in [-0.4, -0.2) is 18.0 Å². The van der Waals surface area contributed by atoms with Crippen molar-refractivity contribution in [3.63, 3.8) is 0 Å². The molecule has 16 heavy (non-hydrogen) atoms. The summed E-state index contributed by atoms with van der Waals surface area (Å²) in [5.41, 5.74) is -3.22. The van der Waals surface area contributed by atoms with Crippen LogP contribution in [0.15, 0.2) is 22.7 Å². The predicted molar refractivity (Wildman–Crippen MR) is 54.8 cm³/mol. The number of hydrogen-bond donors (Lipinski definition) is 1. The summed E-state index contributed by atoms with van der Waals surface area (Å²) in [5, 5.41) is 9.33. The average molecular weight is 301 g/mol. The van der Waals surface area contributed by atoms with Gasteiger partial charge in [0.05, 0.1) is 0 Å². The van der Waals surface area contributed by atoms with Gasteiger partial charge in [-0.15, -0.1) is 0 Å². The Bertz CT molecular complexity index is 373. The zero-order chi connectivity index (χ0) is 12.5. The van der Waals surface area contributed by atoms with Crippen molar-refractivity contribution < 1.29 is 22.7 Å². The van der Waals surface area contributed by atoms with E-state index in [-0.39, 0.29) is 0 Å². The fraction of sp³-hybridized carbons (Fsp3) is 0.400. The Morgan fingerprint density at radius 2 is 1.69 bits per heavy atom. The van der Waals surface area contributed by atoms with Gasteiger partial charge < -0.3 is 5.11 Å². The molecule has 0 spiro atoms. The van der Waals surface area contributed by atoms with E-state index in [1.165, 1.54) is 6.07 Å². The van der Waals surface area contributed by atoms with Crippen LogP contribution in [0, 0.1) is 6.92 Å². The molecule has 0 saturated heterocycles. The van der Waals surface area contributed by atoms with E-state index >= 15 is 0 Å². The highest BCUT2D eigenvalue weighted by molar-refractivity contribution is 9.10. The van der Waals surface area contributed by atoms with E-state index in [2.05, 4.69) is 15.9 Å². The molecule has 1 aromatic rings. The van der Waals surface area contributed by atoms with Crippen LogP contribution < -0.4 is 0 Å². The van der Waals surface area contributed by atoms with Crippen molar-refractivity contribution in [1.29, 1.82) is 0 Å². The van der Waals surface area contributed by atoms with Gasteiger partial charge in [-0.1, -0.05) is 28.1 Å². The number of alkyl halides is 4. The molecule has 0 saturated carbocycles. The number of hydrogen-bond acceptors (Lipinski definition) is 1. The van der Waals surface area contributed by atoms with Gasteiger partial charge in [0.25, 0.3) is 12.9 Å². The van der Waals surface area contributed by atoms with Gasteiger partial charge in [0, 0.05) is 4.47 Å². The summed E-state index contributed by atoms with van der Waals surface area (Å²) in [6, 6.07) is 3.53. The third-order valence-corrected chi connectivity index (χ3v) is 3.15. The van der Waals surface area contributed by atoms with Crippen LogP contribution in [0.4, 0.5) is 17.6 Å². The maximum absolute atomic E-state index is 12.5. The molecule has 0 aliphatic carbocycles. The first-order valence-electron chi connectivity index (χ1n) is 4.35.